The van der Waals surface area contributed by atoms with Gasteiger partial charge in [0.05, 0.1) is 0 Å². The van der Waals surface area contributed by atoms with Gasteiger partial charge in [-0.05, 0) is 57.4 Å². The summed E-state index contributed by atoms with van der Waals surface area (Å²) in [4.78, 5) is 2.56. The largest absolute Gasteiger partial charge is 0.298 e. The van der Waals surface area contributed by atoms with Crippen LogP contribution in [-0.2, 0) is 0 Å². The Morgan fingerprint density at radius 2 is 1.81 bits per heavy atom. The quantitative estimate of drug-likeness (QED) is 0.716. The molecule has 0 aromatic heterocycles. The lowest BCUT2D eigenvalue weighted by Crippen LogP contribution is -2.39. The zero-order chi connectivity index (χ0) is 11.8. The summed E-state index contributed by atoms with van der Waals surface area (Å²) in [5.74, 6) is 0.677. The Balaban J connectivity index is 2.06. The number of hydrogen-bond acceptors (Lipinski definition) is 1. The van der Waals surface area contributed by atoms with E-state index < -0.39 is 0 Å². The second-order valence-corrected chi connectivity index (χ2v) is 6.09. The first-order valence-corrected chi connectivity index (χ1v) is 6.35. The smallest absolute Gasteiger partial charge is 0.0406 e. The van der Waals surface area contributed by atoms with E-state index in [9.17, 15) is 0 Å². The highest BCUT2D eigenvalue weighted by Crippen LogP contribution is 2.31. The molecule has 1 saturated heterocycles. The van der Waals surface area contributed by atoms with E-state index in [0.29, 0.717) is 11.5 Å². The van der Waals surface area contributed by atoms with E-state index in [1.54, 1.807) is 0 Å². The summed E-state index contributed by atoms with van der Waals surface area (Å²) in [7, 11) is 0. The van der Waals surface area contributed by atoms with Crippen LogP contribution in [0.4, 0.5) is 0 Å². The van der Waals surface area contributed by atoms with Gasteiger partial charge in [-0.3, -0.25) is 4.90 Å². The lowest BCUT2D eigenvalue weighted by Gasteiger charge is -2.31. The molecule has 2 heteroatoms. The van der Waals surface area contributed by atoms with Gasteiger partial charge in [-0.25, -0.2) is 0 Å². The second kappa shape index (κ2) is 4.38. The molecule has 0 bridgehead atoms. The van der Waals surface area contributed by atoms with Gasteiger partial charge in [0.1, 0.15) is 0 Å². The van der Waals surface area contributed by atoms with Crippen molar-refractivity contribution in [3.63, 3.8) is 0 Å². The Morgan fingerprint density at radius 3 is 2.31 bits per heavy atom. The van der Waals surface area contributed by atoms with Crippen molar-refractivity contribution in [2.75, 3.05) is 13.1 Å². The average molecular weight is 238 g/mol. The zero-order valence-electron chi connectivity index (χ0n) is 10.3. The van der Waals surface area contributed by atoms with Gasteiger partial charge in [-0.2, -0.15) is 0 Å². The van der Waals surface area contributed by atoms with Gasteiger partial charge in [0.2, 0.25) is 0 Å². The Hall–Kier alpha value is -0.530. The van der Waals surface area contributed by atoms with Crippen LogP contribution < -0.4 is 0 Å². The third kappa shape index (κ3) is 2.58. The second-order valence-electron chi connectivity index (χ2n) is 5.65. The van der Waals surface area contributed by atoms with Crippen molar-refractivity contribution >= 4 is 11.6 Å². The zero-order valence-corrected chi connectivity index (χ0v) is 11.1. The standard InChI is InChI=1S/C14H20ClN/c1-14(2,3)16-9-8-12(10-16)11-4-6-13(15)7-5-11/h4-7,12H,8-10H2,1-3H3/t12-/m0/s1. The number of hydrogen-bond donors (Lipinski definition) is 0. The number of nitrogens with zero attached hydrogens (tertiary/aromatic N) is 1. The van der Waals surface area contributed by atoms with E-state index in [-0.39, 0.29) is 0 Å². The summed E-state index contributed by atoms with van der Waals surface area (Å²) in [6, 6.07) is 8.32. The van der Waals surface area contributed by atoms with E-state index in [0.717, 1.165) is 5.02 Å². The van der Waals surface area contributed by atoms with Crippen molar-refractivity contribution in [2.45, 2.75) is 38.6 Å². The Labute approximate surface area is 103 Å². The highest BCUT2D eigenvalue weighted by Gasteiger charge is 2.30. The fourth-order valence-electron chi connectivity index (χ4n) is 2.38. The summed E-state index contributed by atoms with van der Waals surface area (Å²) < 4.78 is 0. The van der Waals surface area contributed by atoms with Crippen molar-refractivity contribution in [2.24, 2.45) is 0 Å². The summed E-state index contributed by atoms with van der Waals surface area (Å²) in [6.07, 6.45) is 1.26. The topological polar surface area (TPSA) is 3.24 Å². The predicted molar refractivity (Wildman–Crippen MR) is 70.1 cm³/mol. The molecule has 0 unspecified atom stereocenters. The molecule has 1 fully saturated rings. The van der Waals surface area contributed by atoms with E-state index in [1.165, 1.54) is 25.1 Å². The van der Waals surface area contributed by atoms with Crippen molar-refractivity contribution in [1.82, 2.24) is 4.90 Å². The molecule has 0 radical (unpaired) electrons. The number of halogens is 1. The van der Waals surface area contributed by atoms with Crippen LogP contribution in [0, 0.1) is 0 Å². The summed E-state index contributed by atoms with van der Waals surface area (Å²) in [6.45, 7) is 9.24. The molecule has 0 spiro atoms. The fraction of sp³-hybridized carbons (Fsp3) is 0.571. The minimum Gasteiger partial charge on any atom is -0.298 e. The van der Waals surface area contributed by atoms with Crippen LogP contribution in [0.5, 0.6) is 0 Å². The molecular weight excluding hydrogens is 218 g/mol. The van der Waals surface area contributed by atoms with E-state index in [2.05, 4.69) is 37.8 Å². The average Bonchev–Trinajstić information content (AvgIpc) is 2.67. The van der Waals surface area contributed by atoms with E-state index in [1.807, 2.05) is 12.1 Å². The molecule has 2 rings (SSSR count). The van der Waals surface area contributed by atoms with Crippen LogP contribution in [0.2, 0.25) is 5.02 Å². The fourth-order valence-corrected chi connectivity index (χ4v) is 2.50. The normalized spacial score (nSPS) is 22.6. The van der Waals surface area contributed by atoms with Crippen LogP contribution in [-0.4, -0.2) is 23.5 Å². The first-order valence-electron chi connectivity index (χ1n) is 5.97. The lowest BCUT2D eigenvalue weighted by molar-refractivity contribution is 0.173. The SMILES string of the molecule is CC(C)(C)N1CC[C@H](c2ccc(Cl)cc2)C1. The monoisotopic (exact) mass is 237 g/mol. The van der Waals surface area contributed by atoms with Gasteiger partial charge >= 0.3 is 0 Å². The lowest BCUT2D eigenvalue weighted by atomic mass is 9.98. The number of benzene rings is 1. The Morgan fingerprint density at radius 1 is 1.19 bits per heavy atom. The minimum atomic E-state index is 0.293. The number of rotatable bonds is 1. The summed E-state index contributed by atoms with van der Waals surface area (Å²) >= 11 is 5.91. The Bertz CT molecular complexity index is 350. The van der Waals surface area contributed by atoms with E-state index >= 15 is 0 Å². The third-order valence-corrected chi connectivity index (χ3v) is 3.73. The molecule has 1 aliphatic heterocycles. The molecule has 1 heterocycles. The van der Waals surface area contributed by atoms with E-state index in [4.69, 9.17) is 11.6 Å². The van der Waals surface area contributed by atoms with Crippen molar-refractivity contribution in [3.05, 3.63) is 34.9 Å². The van der Waals surface area contributed by atoms with Crippen LogP contribution in [0.15, 0.2) is 24.3 Å². The molecule has 0 aliphatic carbocycles. The molecule has 1 nitrogen and oxygen atoms in total. The molecule has 1 aromatic carbocycles. The van der Waals surface area contributed by atoms with Gasteiger partial charge in [0, 0.05) is 17.1 Å². The van der Waals surface area contributed by atoms with Crippen LogP contribution >= 0.6 is 11.6 Å². The third-order valence-electron chi connectivity index (χ3n) is 3.48. The van der Waals surface area contributed by atoms with Gasteiger partial charge < -0.3 is 0 Å². The molecular formula is C14H20ClN. The van der Waals surface area contributed by atoms with Gasteiger partial charge in [-0.1, -0.05) is 23.7 Å². The van der Waals surface area contributed by atoms with Crippen molar-refractivity contribution in [1.29, 1.82) is 0 Å². The highest BCUT2D eigenvalue weighted by atomic mass is 35.5. The van der Waals surface area contributed by atoms with Crippen LogP contribution in [0.3, 0.4) is 0 Å². The summed E-state index contributed by atoms with van der Waals surface area (Å²) in [5, 5.41) is 0.828. The van der Waals surface area contributed by atoms with Gasteiger partial charge in [0.25, 0.3) is 0 Å². The molecule has 0 amide bonds. The molecule has 1 atom stereocenters. The van der Waals surface area contributed by atoms with Crippen molar-refractivity contribution < 1.29 is 0 Å². The maximum atomic E-state index is 5.91. The first-order chi connectivity index (χ1) is 7.47. The highest BCUT2D eigenvalue weighted by molar-refractivity contribution is 6.30. The first kappa shape index (κ1) is 11.9. The van der Waals surface area contributed by atoms with Crippen LogP contribution in [0.1, 0.15) is 38.7 Å². The minimum absolute atomic E-state index is 0.293. The predicted octanol–water partition coefficient (Wildman–Crippen LogP) is 3.93. The molecule has 16 heavy (non-hydrogen) atoms. The molecule has 0 saturated carbocycles. The van der Waals surface area contributed by atoms with Gasteiger partial charge in [0.15, 0.2) is 0 Å². The maximum absolute atomic E-state index is 5.91. The van der Waals surface area contributed by atoms with Crippen LogP contribution in [0.25, 0.3) is 0 Å². The summed E-state index contributed by atoms with van der Waals surface area (Å²) in [5.41, 5.74) is 1.72. The van der Waals surface area contributed by atoms with Gasteiger partial charge in [-0.15, -0.1) is 0 Å². The molecule has 1 aromatic rings. The Kier molecular flexibility index (Phi) is 3.27. The maximum Gasteiger partial charge on any atom is 0.0406 e. The number of likely N-dealkylation sites (tertiary alicyclic amines) is 1. The molecule has 88 valence electrons. The molecule has 0 N–H and O–H groups in total. The van der Waals surface area contributed by atoms with Crippen molar-refractivity contribution in [3.8, 4) is 0 Å². The molecule has 1 aliphatic rings.